The predicted molar refractivity (Wildman–Crippen MR) is 94.5 cm³/mol. The van der Waals surface area contributed by atoms with Gasteiger partial charge < -0.3 is 14.5 Å². The number of carbonyl (C=O) groups excluding carboxylic acids is 2. The minimum absolute atomic E-state index is 0.0646. The zero-order valence-corrected chi connectivity index (χ0v) is 14.7. The maximum atomic E-state index is 12.9. The number of benzene rings is 1. The van der Waals surface area contributed by atoms with Gasteiger partial charge in [-0.05, 0) is 55.4 Å². The van der Waals surface area contributed by atoms with Gasteiger partial charge in [0.05, 0.1) is 19.1 Å². The van der Waals surface area contributed by atoms with E-state index >= 15 is 0 Å². The summed E-state index contributed by atoms with van der Waals surface area (Å²) < 4.78 is 5.33. The number of morpholine rings is 1. The minimum atomic E-state index is -0.0646. The van der Waals surface area contributed by atoms with Crippen molar-refractivity contribution in [2.75, 3.05) is 39.4 Å². The molecular weight excluding hydrogens is 316 g/mol. The number of piperidine rings is 1. The van der Waals surface area contributed by atoms with Crippen LogP contribution in [0.5, 0.6) is 0 Å². The van der Waals surface area contributed by atoms with Crippen LogP contribution in [0.15, 0.2) is 18.2 Å². The molecule has 1 atom stereocenters. The SMILES string of the molecule is O=C(c1ccc2c(c1)CCC2)N1CCC[C@H](C(=O)N2CCOCC2)C1. The molecule has 0 radical (unpaired) electrons. The summed E-state index contributed by atoms with van der Waals surface area (Å²) in [5.74, 6) is 0.203. The van der Waals surface area contributed by atoms with Crippen molar-refractivity contribution in [1.82, 2.24) is 9.80 Å². The normalized spacial score (nSPS) is 23.4. The third kappa shape index (κ3) is 3.43. The Morgan fingerprint density at radius 2 is 1.76 bits per heavy atom. The van der Waals surface area contributed by atoms with Gasteiger partial charge in [-0.25, -0.2) is 0 Å². The summed E-state index contributed by atoms with van der Waals surface area (Å²) in [6.07, 6.45) is 5.17. The lowest BCUT2D eigenvalue weighted by Crippen LogP contribution is -2.49. The lowest BCUT2D eigenvalue weighted by atomic mass is 9.95. The van der Waals surface area contributed by atoms with E-state index in [0.717, 1.165) is 37.8 Å². The van der Waals surface area contributed by atoms with E-state index in [4.69, 9.17) is 4.74 Å². The van der Waals surface area contributed by atoms with Crippen LogP contribution in [0, 0.1) is 5.92 Å². The summed E-state index contributed by atoms with van der Waals surface area (Å²) >= 11 is 0. The zero-order valence-electron chi connectivity index (χ0n) is 14.7. The van der Waals surface area contributed by atoms with E-state index < -0.39 is 0 Å². The molecule has 5 heteroatoms. The average molecular weight is 342 g/mol. The Kier molecular flexibility index (Phi) is 4.75. The molecule has 1 aromatic rings. The molecular formula is C20H26N2O3. The number of likely N-dealkylation sites (tertiary alicyclic amines) is 1. The van der Waals surface area contributed by atoms with Gasteiger partial charge >= 0.3 is 0 Å². The quantitative estimate of drug-likeness (QED) is 0.825. The van der Waals surface area contributed by atoms with Crippen LogP contribution in [0.4, 0.5) is 0 Å². The summed E-state index contributed by atoms with van der Waals surface area (Å²) in [6.45, 7) is 3.89. The Bertz CT molecular complexity index is 667. The van der Waals surface area contributed by atoms with Crippen LogP contribution < -0.4 is 0 Å². The van der Waals surface area contributed by atoms with Crippen LogP contribution in [0.1, 0.15) is 40.7 Å². The van der Waals surface area contributed by atoms with Crippen molar-refractivity contribution in [2.24, 2.45) is 5.92 Å². The maximum absolute atomic E-state index is 12.9. The van der Waals surface area contributed by atoms with Crippen molar-refractivity contribution in [1.29, 1.82) is 0 Å². The van der Waals surface area contributed by atoms with E-state index in [9.17, 15) is 9.59 Å². The molecule has 134 valence electrons. The molecule has 5 nitrogen and oxygen atoms in total. The third-order valence-electron chi connectivity index (χ3n) is 5.73. The largest absolute Gasteiger partial charge is 0.378 e. The van der Waals surface area contributed by atoms with Gasteiger partial charge in [-0.2, -0.15) is 0 Å². The molecule has 4 rings (SSSR count). The number of rotatable bonds is 2. The third-order valence-corrected chi connectivity index (χ3v) is 5.73. The van der Waals surface area contributed by atoms with Crippen LogP contribution >= 0.6 is 0 Å². The summed E-state index contributed by atoms with van der Waals surface area (Å²) in [7, 11) is 0. The van der Waals surface area contributed by atoms with Gasteiger partial charge in [-0.15, -0.1) is 0 Å². The van der Waals surface area contributed by atoms with E-state index in [0.29, 0.717) is 32.8 Å². The number of hydrogen-bond acceptors (Lipinski definition) is 3. The van der Waals surface area contributed by atoms with Crippen LogP contribution in [-0.4, -0.2) is 61.0 Å². The van der Waals surface area contributed by atoms with Gasteiger partial charge in [0.1, 0.15) is 0 Å². The van der Waals surface area contributed by atoms with Gasteiger partial charge in [0.15, 0.2) is 0 Å². The van der Waals surface area contributed by atoms with Crippen LogP contribution in [-0.2, 0) is 22.4 Å². The van der Waals surface area contributed by atoms with Crippen molar-refractivity contribution >= 4 is 11.8 Å². The number of nitrogens with zero attached hydrogens (tertiary/aromatic N) is 2. The van der Waals surface area contributed by atoms with Crippen molar-refractivity contribution in [3.05, 3.63) is 34.9 Å². The fraction of sp³-hybridized carbons (Fsp3) is 0.600. The Hall–Kier alpha value is -1.88. The van der Waals surface area contributed by atoms with Crippen LogP contribution in [0.2, 0.25) is 0 Å². The van der Waals surface area contributed by atoms with Crippen molar-refractivity contribution in [3.8, 4) is 0 Å². The molecule has 1 aromatic carbocycles. The number of ether oxygens (including phenoxy) is 1. The summed E-state index contributed by atoms with van der Waals surface area (Å²) in [5, 5.41) is 0. The fourth-order valence-electron chi connectivity index (χ4n) is 4.29. The molecule has 3 aliphatic rings. The summed E-state index contributed by atoms with van der Waals surface area (Å²) in [4.78, 5) is 29.4. The van der Waals surface area contributed by atoms with Gasteiger partial charge in [0.25, 0.3) is 5.91 Å². The van der Waals surface area contributed by atoms with Gasteiger partial charge in [0, 0.05) is 31.7 Å². The second-order valence-corrected chi connectivity index (χ2v) is 7.37. The first-order valence-corrected chi connectivity index (χ1v) is 9.50. The minimum Gasteiger partial charge on any atom is -0.378 e. The highest BCUT2D eigenvalue weighted by atomic mass is 16.5. The molecule has 2 aliphatic heterocycles. The molecule has 1 aliphatic carbocycles. The van der Waals surface area contributed by atoms with Crippen molar-refractivity contribution in [2.45, 2.75) is 32.1 Å². The van der Waals surface area contributed by atoms with E-state index in [1.807, 2.05) is 15.9 Å². The first-order chi connectivity index (χ1) is 12.2. The Labute approximate surface area is 148 Å². The standard InChI is InChI=1S/C20H26N2O3/c23-19(17-7-6-15-3-1-4-16(15)13-17)22-8-2-5-18(14-22)20(24)21-9-11-25-12-10-21/h6-7,13,18H,1-5,8-12,14H2/t18-/m0/s1. The Morgan fingerprint density at radius 1 is 0.960 bits per heavy atom. The second kappa shape index (κ2) is 7.16. The fourth-order valence-corrected chi connectivity index (χ4v) is 4.29. The monoisotopic (exact) mass is 342 g/mol. The first-order valence-electron chi connectivity index (χ1n) is 9.50. The van der Waals surface area contributed by atoms with Gasteiger partial charge in [-0.1, -0.05) is 6.07 Å². The predicted octanol–water partition coefficient (Wildman–Crippen LogP) is 1.89. The first kappa shape index (κ1) is 16.6. The maximum Gasteiger partial charge on any atom is 0.253 e. The molecule has 2 saturated heterocycles. The van der Waals surface area contributed by atoms with Crippen LogP contribution in [0.3, 0.4) is 0 Å². The van der Waals surface area contributed by atoms with Crippen molar-refractivity contribution < 1.29 is 14.3 Å². The van der Waals surface area contributed by atoms with E-state index in [2.05, 4.69) is 12.1 Å². The van der Waals surface area contributed by atoms with Crippen LogP contribution in [0.25, 0.3) is 0 Å². The summed E-state index contributed by atoms with van der Waals surface area (Å²) in [5.41, 5.74) is 3.49. The molecule has 25 heavy (non-hydrogen) atoms. The number of aryl methyl sites for hydroxylation is 2. The van der Waals surface area contributed by atoms with Gasteiger partial charge in [-0.3, -0.25) is 9.59 Å². The molecule has 0 N–H and O–H groups in total. The number of carbonyl (C=O) groups is 2. The van der Waals surface area contributed by atoms with Gasteiger partial charge in [0.2, 0.25) is 5.91 Å². The summed E-state index contributed by atoms with van der Waals surface area (Å²) in [6, 6.07) is 6.13. The second-order valence-electron chi connectivity index (χ2n) is 7.37. The molecule has 2 amide bonds. The molecule has 0 unspecified atom stereocenters. The van der Waals surface area contributed by atoms with Crippen molar-refractivity contribution in [3.63, 3.8) is 0 Å². The molecule has 0 bridgehead atoms. The number of fused-ring (bicyclic) bond motifs is 1. The lowest BCUT2D eigenvalue weighted by molar-refractivity contribution is -0.141. The zero-order chi connectivity index (χ0) is 17.2. The van der Waals surface area contributed by atoms with E-state index in [1.54, 1.807) is 0 Å². The smallest absolute Gasteiger partial charge is 0.253 e. The number of hydrogen-bond donors (Lipinski definition) is 0. The Morgan fingerprint density at radius 3 is 2.60 bits per heavy atom. The molecule has 0 saturated carbocycles. The lowest BCUT2D eigenvalue weighted by Gasteiger charge is -2.36. The highest BCUT2D eigenvalue weighted by Crippen LogP contribution is 2.25. The van der Waals surface area contributed by atoms with E-state index in [-0.39, 0.29) is 17.7 Å². The topological polar surface area (TPSA) is 49.9 Å². The number of amides is 2. The molecule has 2 heterocycles. The molecule has 0 spiro atoms. The molecule has 0 aromatic heterocycles. The highest BCUT2D eigenvalue weighted by Gasteiger charge is 2.32. The Balaban J connectivity index is 1.43. The molecule has 2 fully saturated rings. The average Bonchev–Trinajstić information content (AvgIpc) is 3.15. The highest BCUT2D eigenvalue weighted by molar-refractivity contribution is 5.95. The van der Waals surface area contributed by atoms with E-state index in [1.165, 1.54) is 17.5 Å².